The van der Waals surface area contributed by atoms with E-state index in [-0.39, 0.29) is 11.4 Å². The van der Waals surface area contributed by atoms with Gasteiger partial charge >= 0.3 is 5.69 Å². The molecule has 0 atom stereocenters. The molecule has 0 amide bonds. The number of ether oxygens (including phenoxy) is 1. The Morgan fingerprint density at radius 3 is 2.64 bits per heavy atom. The number of hydrogen-bond donors (Lipinski definition) is 1. The van der Waals surface area contributed by atoms with Crippen molar-refractivity contribution in [3.8, 4) is 5.75 Å². The van der Waals surface area contributed by atoms with Crippen LogP contribution in [0, 0.1) is 10.1 Å². The van der Waals surface area contributed by atoms with Crippen molar-refractivity contribution in [1.29, 1.82) is 0 Å². The molecule has 1 rings (SSSR count). The van der Waals surface area contributed by atoms with Gasteiger partial charge in [0.15, 0.2) is 5.75 Å². The Hall–Kier alpha value is -1.82. The van der Waals surface area contributed by atoms with Gasteiger partial charge in [0.1, 0.15) is 0 Å². The maximum atomic E-state index is 10.6. The zero-order chi connectivity index (χ0) is 10.6. The fraction of sp³-hybridized carbons (Fsp3) is 0.250. The number of benzene rings is 1. The summed E-state index contributed by atoms with van der Waals surface area (Å²) in [6, 6.07) is 4.46. The zero-order valence-corrected chi connectivity index (χ0v) is 7.81. The van der Waals surface area contributed by atoms with Gasteiger partial charge in [0.05, 0.1) is 24.8 Å². The van der Waals surface area contributed by atoms with Crippen LogP contribution in [0.1, 0.15) is 0 Å². The second-order valence-electron chi connectivity index (χ2n) is 2.45. The van der Waals surface area contributed by atoms with Crippen molar-refractivity contribution in [2.24, 2.45) is 0 Å². The summed E-state index contributed by atoms with van der Waals surface area (Å²) in [5.74, 6) is 0.219. The third kappa shape index (κ3) is 2.11. The Bertz CT molecular complexity index is 340. The number of anilines is 1. The van der Waals surface area contributed by atoms with Gasteiger partial charge in [-0.3, -0.25) is 20.4 Å². The van der Waals surface area contributed by atoms with Crippen molar-refractivity contribution in [1.82, 2.24) is 0 Å². The maximum Gasteiger partial charge on any atom is 0.313 e. The van der Waals surface area contributed by atoms with Gasteiger partial charge in [-0.25, -0.2) is 0 Å². The van der Waals surface area contributed by atoms with Crippen molar-refractivity contribution in [3.05, 3.63) is 28.3 Å². The van der Waals surface area contributed by atoms with Gasteiger partial charge in [-0.15, -0.1) is 0 Å². The minimum atomic E-state index is -0.514. The van der Waals surface area contributed by atoms with Crippen LogP contribution in [-0.2, 0) is 4.84 Å². The Morgan fingerprint density at radius 1 is 1.43 bits per heavy atom. The van der Waals surface area contributed by atoms with Crippen LogP contribution in [-0.4, -0.2) is 19.1 Å². The van der Waals surface area contributed by atoms with Crippen LogP contribution in [0.5, 0.6) is 5.75 Å². The number of nitrogens with zero attached hydrogens (tertiary/aromatic N) is 1. The summed E-state index contributed by atoms with van der Waals surface area (Å²) in [5.41, 5.74) is 2.89. The Labute approximate surface area is 80.5 Å². The van der Waals surface area contributed by atoms with Crippen LogP contribution in [0.4, 0.5) is 11.4 Å². The minimum Gasteiger partial charge on any atom is -0.490 e. The molecule has 0 heterocycles. The lowest BCUT2D eigenvalue weighted by Gasteiger charge is -2.05. The molecule has 14 heavy (non-hydrogen) atoms. The molecule has 6 heteroatoms. The molecule has 0 saturated carbocycles. The highest BCUT2D eigenvalue weighted by atomic mass is 16.6. The van der Waals surface area contributed by atoms with E-state index in [1.165, 1.54) is 26.4 Å². The number of hydrogen-bond acceptors (Lipinski definition) is 5. The number of nitrogens with one attached hydrogen (secondary N) is 1. The summed E-state index contributed by atoms with van der Waals surface area (Å²) in [4.78, 5) is 14.7. The smallest absolute Gasteiger partial charge is 0.313 e. The van der Waals surface area contributed by atoms with Crippen LogP contribution < -0.4 is 10.2 Å². The second-order valence-corrected chi connectivity index (χ2v) is 2.45. The van der Waals surface area contributed by atoms with Gasteiger partial charge in [0.25, 0.3) is 0 Å². The zero-order valence-electron chi connectivity index (χ0n) is 7.81. The van der Waals surface area contributed by atoms with Crippen molar-refractivity contribution in [2.75, 3.05) is 19.7 Å². The lowest BCUT2D eigenvalue weighted by Crippen LogP contribution is -1.98. The van der Waals surface area contributed by atoms with Gasteiger partial charge in [-0.2, -0.15) is 0 Å². The molecule has 0 spiro atoms. The first kappa shape index (κ1) is 10.3. The van der Waals surface area contributed by atoms with Crippen LogP contribution in [0.15, 0.2) is 18.2 Å². The van der Waals surface area contributed by atoms with Crippen LogP contribution in [0.3, 0.4) is 0 Å². The largest absolute Gasteiger partial charge is 0.490 e. The van der Waals surface area contributed by atoms with E-state index in [0.29, 0.717) is 5.69 Å². The first-order chi connectivity index (χ1) is 6.69. The molecule has 0 aliphatic carbocycles. The monoisotopic (exact) mass is 198 g/mol. The van der Waals surface area contributed by atoms with Gasteiger partial charge in [0, 0.05) is 6.07 Å². The quantitative estimate of drug-likeness (QED) is 0.587. The summed E-state index contributed by atoms with van der Waals surface area (Å²) >= 11 is 0. The first-order valence-corrected chi connectivity index (χ1v) is 3.80. The van der Waals surface area contributed by atoms with Crippen LogP contribution in [0.2, 0.25) is 0 Å². The molecule has 0 fully saturated rings. The fourth-order valence-corrected chi connectivity index (χ4v) is 1.01. The van der Waals surface area contributed by atoms with Gasteiger partial charge in [0.2, 0.25) is 0 Å². The normalized spacial score (nSPS) is 9.57. The summed E-state index contributed by atoms with van der Waals surface area (Å²) in [6.07, 6.45) is 0. The van der Waals surface area contributed by atoms with Crippen molar-refractivity contribution < 1.29 is 14.5 Å². The molecular formula is C8H10N2O4. The molecule has 76 valence electrons. The molecule has 1 N–H and O–H groups in total. The molecule has 6 nitrogen and oxygen atoms in total. The fourth-order valence-electron chi connectivity index (χ4n) is 1.01. The van der Waals surface area contributed by atoms with Crippen molar-refractivity contribution in [3.63, 3.8) is 0 Å². The molecule has 0 radical (unpaired) electrons. The molecule has 0 aromatic heterocycles. The SMILES string of the molecule is CONc1ccc(OC)c([N+](=O)[O-])c1. The summed E-state index contributed by atoms with van der Waals surface area (Å²) < 4.78 is 4.83. The standard InChI is InChI=1S/C8H10N2O4/c1-13-8-4-3-6(9-14-2)5-7(8)10(11)12/h3-5,9H,1-2H3. The first-order valence-electron chi connectivity index (χ1n) is 3.80. The predicted molar refractivity (Wildman–Crippen MR) is 50.3 cm³/mol. The van der Waals surface area contributed by atoms with E-state index in [1.54, 1.807) is 6.07 Å². The van der Waals surface area contributed by atoms with Gasteiger partial charge < -0.3 is 4.74 Å². The average molecular weight is 198 g/mol. The highest BCUT2D eigenvalue weighted by molar-refractivity contribution is 5.57. The highest BCUT2D eigenvalue weighted by Crippen LogP contribution is 2.29. The molecule has 0 unspecified atom stereocenters. The van der Waals surface area contributed by atoms with E-state index in [1.807, 2.05) is 0 Å². The number of nitro groups is 1. The number of rotatable bonds is 4. The van der Waals surface area contributed by atoms with Crippen LogP contribution >= 0.6 is 0 Å². The van der Waals surface area contributed by atoms with E-state index in [4.69, 9.17) is 4.74 Å². The lowest BCUT2D eigenvalue weighted by atomic mass is 10.2. The van der Waals surface area contributed by atoms with Gasteiger partial charge in [-0.1, -0.05) is 0 Å². The van der Waals surface area contributed by atoms with Crippen molar-refractivity contribution in [2.45, 2.75) is 0 Å². The molecule has 0 saturated heterocycles. The second kappa shape index (κ2) is 4.43. The highest BCUT2D eigenvalue weighted by Gasteiger charge is 2.14. The average Bonchev–Trinajstić information content (AvgIpc) is 2.18. The van der Waals surface area contributed by atoms with Crippen LogP contribution in [0.25, 0.3) is 0 Å². The van der Waals surface area contributed by atoms with E-state index in [2.05, 4.69) is 10.3 Å². The molecule has 0 aliphatic heterocycles. The molecule has 1 aromatic carbocycles. The van der Waals surface area contributed by atoms with E-state index < -0.39 is 4.92 Å². The third-order valence-electron chi connectivity index (χ3n) is 1.60. The maximum absolute atomic E-state index is 10.6. The summed E-state index contributed by atoms with van der Waals surface area (Å²) in [7, 11) is 2.81. The van der Waals surface area contributed by atoms with E-state index in [9.17, 15) is 10.1 Å². The molecule has 1 aromatic rings. The Morgan fingerprint density at radius 2 is 2.14 bits per heavy atom. The third-order valence-corrected chi connectivity index (χ3v) is 1.60. The van der Waals surface area contributed by atoms with Gasteiger partial charge in [-0.05, 0) is 12.1 Å². The van der Waals surface area contributed by atoms with E-state index >= 15 is 0 Å². The van der Waals surface area contributed by atoms with Crippen molar-refractivity contribution >= 4 is 11.4 Å². The summed E-state index contributed by atoms with van der Waals surface area (Å²) in [6.45, 7) is 0. The summed E-state index contributed by atoms with van der Waals surface area (Å²) in [5, 5.41) is 10.6. The minimum absolute atomic E-state index is 0.102. The Kier molecular flexibility index (Phi) is 3.24. The predicted octanol–water partition coefficient (Wildman–Crippen LogP) is 1.58. The molecule has 0 bridgehead atoms. The lowest BCUT2D eigenvalue weighted by molar-refractivity contribution is -0.385. The van der Waals surface area contributed by atoms with E-state index in [0.717, 1.165) is 0 Å². The number of nitro benzene ring substituents is 1. The molecule has 0 aliphatic rings. The topological polar surface area (TPSA) is 73.6 Å². The molecular weight excluding hydrogens is 188 g/mol. The number of methoxy groups -OCH3 is 1. The Balaban J connectivity index is 3.07.